The molecule has 1 amide bonds. The number of anilines is 2. The van der Waals surface area contributed by atoms with Gasteiger partial charge in [-0.1, -0.05) is 18.2 Å². The van der Waals surface area contributed by atoms with Gasteiger partial charge in [-0.05, 0) is 43.3 Å². The Morgan fingerprint density at radius 3 is 2.57 bits per heavy atom. The molecule has 0 spiro atoms. The summed E-state index contributed by atoms with van der Waals surface area (Å²) in [6.07, 6.45) is 1.65. The molecule has 0 aliphatic rings. The van der Waals surface area contributed by atoms with Crippen LogP contribution >= 0.6 is 0 Å². The summed E-state index contributed by atoms with van der Waals surface area (Å²) in [5.41, 5.74) is 2.52. The molecule has 0 unspecified atom stereocenters. The quantitative estimate of drug-likeness (QED) is 0.570. The molecule has 28 heavy (non-hydrogen) atoms. The van der Waals surface area contributed by atoms with Crippen molar-refractivity contribution in [1.82, 2.24) is 9.97 Å². The normalized spacial score (nSPS) is 10.8. The fourth-order valence-corrected chi connectivity index (χ4v) is 2.98. The van der Waals surface area contributed by atoms with Crippen LogP contribution in [0, 0.1) is 6.92 Å². The van der Waals surface area contributed by atoms with Crippen LogP contribution in [0.5, 0.6) is 0 Å². The van der Waals surface area contributed by atoms with Gasteiger partial charge in [0, 0.05) is 19.5 Å². The van der Waals surface area contributed by atoms with Crippen molar-refractivity contribution in [3.8, 4) is 11.5 Å². The Balaban J connectivity index is 1.73. The van der Waals surface area contributed by atoms with E-state index in [0.29, 0.717) is 22.7 Å². The van der Waals surface area contributed by atoms with E-state index in [1.165, 1.54) is 0 Å². The topological polar surface area (TPSA) is 71.3 Å². The predicted octanol–water partition coefficient (Wildman–Crippen LogP) is 4.52. The van der Waals surface area contributed by atoms with E-state index < -0.39 is 0 Å². The molecular formula is C22H20N4O2. The summed E-state index contributed by atoms with van der Waals surface area (Å²) >= 11 is 0. The largest absolute Gasteiger partial charge is 0.460 e. The Bertz CT molecular complexity index is 1150. The third-order valence-electron chi connectivity index (χ3n) is 4.42. The van der Waals surface area contributed by atoms with Gasteiger partial charge < -0.3 is 14.6 Å². The number of amides is 1. The zero-order chi connectivity index (χ0) is 19.7. The van der Waals surface area contributed by atoms with Gasteiger partial charge in [0.1, 0.15) is 17.3 Å². The van der Waals surface area contributed by atoms with Crippen molar-refractivity contribution in [2.45, 2.75) is 6.92 Å². The standard InChI is InChI=1S/C22H20N4O2/c1-14-8-10-20(28-14)19-12-17(16-6-4-5-7-18(16)25-19)22(27)24-15-9-11-21(23-13-15)26(2)3/h4-13H,1-3H3,(H,24,27). The number of nitrogens with zero attached hydrogens (tertiary/aromatic N) is 3. The van der Waals surface area contributed by atoms with Crippen LogP contribution in [0.1, 0.15) is 16.1 Å². The van der Waals surface area contributed by atoms with E-state index in [1.807, 2.05) is 74.4 Å². The Morgan fingerprint density at radius 1 is 1.07 bits per heavy atom. The van der Waals surface area contributed by atoms with Gasteiger partial charge in [-0.15, -0.1) is 0 Å². The number of benzene rings is 1. The third-order valence-corrected chi connectivity index (χ3v) is 4.42. The molecule has 0 saturated carbocycles. The first-order valence-corrected chi connectivity index (χ1v) is 8.92. The number of aromatic nitrogens is 2. The van der Waals surface area contributed by atoms with Crippen LogP contribution in [0.4, 0.5) is 11.5 Å². The lowest BCUT2D eigenvalue weighted by Crippen LogP contribution is -2.14. The lowest BCUT2D eigenvalue weighted by Gasteiger charge is -2.12. The van der Waals surface area contributed by atoms with Gasteiger partial charge >= 0.3 is 0 Å². The zero-order valence-corrected chi connectivity index (χ0v) is 15.9. The second-order valence-electron chi connectivity index (χ2n) is 6.74. The van der Waals surface area contributed by atoms with Crippen LogP contribution in [0.2, 0.25) is 0 Å². The number of fused-ring (bicyclic) bond motifs is 1. The van der Waals surface area contributed by atoms with E-state index in [1.54, 1.807) is 12.3 Å². The number of carbonyl (C=O) groups is 1. The highest BCUT2D eigenvalue weighted by Gasteiger charge is 2.16. The van der Waals surface area contributed by atoms with Crippen LogP contribution in [0.15, 0.2) is 65.2 Å². The van der Waals surface area contributed by atoms with Crippen molar-refractivity contribution < 1.29 is 9.21 Å². The van der Waals surface area contributed by atoms with E-state index in [0.717, 1.165) is 22.5 Å². The summed E-state index contributed by atoms with van der Waals surface area (Å²) in [6.45, 7) is 1.88. The molecule has 6 heteroatoms. The molecule has 4 aromatic rings. The maximum absolute atomic E-state index is 13.0. The second-order valence-corrected chi connectivity index (χ2v) is 6.74. The number of para-hydroxylation sites is 1. The molecule has 3 aromatic heterocycles. The maximum atomic E-state index is 13.0. The van der Waals surface area contributed by atoms with Crippen LogP contribution in [0.3, 0.4) is 0 Å². The Morgan fingerprint density at radius 2 is 1.89 bits per heavy atom. The molecule has 1 aromatic carbocycles. The second kappa shape index (κ2) is 7.15. The Kier molecular flexibility index (Phi) is 4.53. The molecule has 0 saturated heterocycles. The predicted molar refractivity (Wildman–Crippen MR) is 111 cm³/mol. The van der Waals surface area contributed by atoms with Crippen molar-refractivity contribution in [3.63, 3.8) is 0 Å². The smallest absolute Gasteiger partial charge is 0.256 e. The van der Waals surface area contributed by atoms with Crippen LogP contribution < -0.4 is 10.2 Å². The van der Waals surface area contributed by atoms with E-state index in [9.17, 15) is 4.79 Å². The van der Waals surface area contributed by atoms with Gasteiger partial charge in [0.05, 0.1) is 23.0 Å². The van der Waals surface area contributed by atoms with E-state index in [4.69, 9.17) is 4.42 Å². The first kappa shape index (κ1) is 17.7. The molecule has 3 heterocycles. The Hall–Kier alpha value is -3.67. The molecule has 0 fully saturated rings. The maximum Gasteiger partial charge on any atom is 0.256 e. The van der Waals surface area contributed by atoms with Crippen molar-refractivity contribution in [2.75, 3.05) is 24.3 Å². The lowest BCUT2D eigenvalue weighted by molar-refractivity contribution is 0.102. The summed E-state index contributed by atoms with van der Waals surface area (Å²) in [5.74, 6) is 2.03. The SMILES string of the molecule is Cc1ccc(-c2cc(C(=O)Nc3ccc(N(C)C)nc3)c3ccccc3n2)o1. The van der Waals surface area contributed by atoms with Crippen molar-refractivity contribution in [2.24, 2.45) is 0 Å². The van der Waals surface area contributed by atoms with Crippen molar-refractivity contribution in [3.05, 3.63) is 72.1 Å². The van der Waals surface area contributed by atoms with Gasteiger partial charge in [0.2, 0.25) is 0 Å². The van der Waals surface area contributed by atoms with Crippen molar-refractivity contribution >= 4 is 28.3 Å². The van der Waals surface area contributed by atoms with Crippen LogP contribution in [0.25, 0.3) is 22.4 Å². The number of rotatable bonds is 4. The van der Waals surface area contributed by atoms with Crippen molar-refractivity contribution in [1.29, 1.82) is 0 Å². The summed E-state index contributed by atoms with van der Waals surface area (Å²) in [4.78, 5) is 23.9. The molecule has 0 bridgehead atoms. The van der Waals surface area contributed by atoms with E-state index in [-0.39, 0.29) is 5.91 Å². The molecule has 140 valence electrons. The average molecular weight is 372 g/mol. The monoisotopic (exact) mass is 372 g/mol. The highest BCUT2D eigenvalue weighted by atomic mass is 16.3. The van der Waals surface area contributed by atoms with E-state index >= 15 is 0 Å². The minimum absolute atomic E-state index is 0.220. The number of furan rings is 1. The van der Waals surface area contributed by atoms with Gasteiger partial charge in [-0.25, -0.2) is 9.97 Å². The number of hydrogen-bond donors (Lipinski definition) is 1. The third kappa shape index (κ3) is 3.44. The summed E-state index contributed by atoms with van der Waals surface area (Å²) in [6, 6.07) is 16.8. The first-order chi connectivity index (χ1) is 13.5. The zero-order valence-electron chi connectivity index (χ0n) is 15.9. The van der Waals surface area contributed by atoms with E-state index in [2.05, 4.69) is 15.3 Å². The van der Waals surface area contributed by atoms with Gasteiger partial charge in [0.15, 0.2) is 5.76 Å². The summed E-state index contributed by atoms with van der Waals surface area (Å²) in [7, 11) is 3.84. The molecule has 0 aliphatic heterocycles. The number of pyridine rings is 2. The van der Waals surface area contributed by atoms with Crippen LogP contribution in [-0.4, -0.2) is 30.0 Å². The minimum atomic E-state index is -0.220. The van der Waals surface area contributed by atoms with Crippen LogP contribution in [-0.2, 0) is 0 Å². The highest BCUT2D eigenvalue weighted by molar-refractivity contribution is 6.13. The number of hydrogen-bond acceptors (Lipinski definition) is 5. The molecule has 0 atom stereocenters. The lowest BCUT2D eigenvalue weighted by atomic mass is 10.1. The molecule has 6 nitrogen and oxygen atoms in total. The molecule has 0 aliphatic carbocycles. The highest BCUT2D eigenvalue weighted by Crippen LogP contribution is 2.27. The number of carbonyl (C=O) groups excluding carboxylic acids is 1. The molecule has 4 rings (SSSR count). The summed E-state index contributed by atoms with van der Waals surface area (Å²) in [5, 5.41) is 3.70. The molecule has 1 N–H and O–H groups in total. The summed E-state index contributed by atoms with van der Waals surface area (Å²) < 4.78 is 5.70. The average Bonchev–Trinajstić information content (AvgIpc) is 3.14. The van der Waals surface area contributed by atoms with Gasteiger partial charge in [-0.2, -0.15) is 0 Å². The molecule has 0 radical (unpaired) electrons. The minimum Gasteiger partial charge on any atom is -0.460 e. The number of aryl methyl sites for hydroxylation is 1. The fourth-order valence-electron chi connectivity index (χ4n) is 2.98. The molecular weight excluding hydrogens is 352 g/mol. The Labute approximate surface area is 162 Å². The number of nitrogens with one attached hydrogen (secondary N) is 1. The fraction of sp³-hybridized carbons (Fsp3) is 0.136. The van der Waals surface area contributed by atoms with Gasteiger partial charge in [0.25, 0.3) is 5.91 Å². The van der Waals surface area contributed by atoms with Gasteiger partial charge in [-0.3, -0.25) is 4.79 Å². The first-order valence-electron chi connectivity index (χ1n) is 8.92.